The summed E-state index contributed by atoms with van der Waals surface area (Å²) in [5.74, 6) is -1.27. The number of alkyl halides is 1. The summed E-state index contributed by atoms with van der Waals surface area (Å²) in [7, 11) is 7.35. The Kier molecular flexibility index (Phi) is 18.1. The molecule has 4 amide bonds. The molecule has 2 saturated heterocycles. The number of aromatic nitrogens is 2. The van der Waals surface area contributed by atoms with Gasteiger partial charge in [-0.1, -0.05) is 71.7 Å². The van der Waals surface area contributed by atoms with Gasteiger partial charge in [-0.3, -0.25) is 23.6 Å². The number of carbonyl (C=O) groups excluding carboxylic acids is 4. The molecule has 3 heterocycles. The van der Waals surface area contributed by atoms with Crippen LogP contribution in [0.4, 0.5) is 4.39 Å². The topological polar surface area (TPSA) is 138 Å². The largest absolute Gasteiger partial charge is 0.457 e. The average molecular weight is 991 g/mol. The fraction of sp³-hybridized carbons (Fsp3) is 0.392. The summed E-state index contributed by atoms with van der Waals surface area (Å²) in [5, 5.41) is 6.97. The first-order valence-electron chi connectivity index (χ1n) is 22.5. The third kappa shape index (κ3) is 13.0. The Bertz CT molecular complexity index is 2510. The molecule has 0 radical (unpaired) electrons. The van der Waals surface area contributed by atoms with Crippen LogP contribution in [0.5, 0.6) is 11.5 Å². The smallest absolute Gasteiger partial charge is 0.245 e. The second-order valence-corrected chi connectivity index (χ2v) is 18.7. The van der Waals surface area contributed by atoms with Crippen molar-refractivity contribution in [2.24, 2.45) is 13.0 Å². The second kappa shape index (κ2) is 23.7. The number of imidazole rings is 1. The molecule has 0 spiro atoms. The zero-order chi connectivity index (χ0) is 47.7. The van der Waals surface area contributed by atoms with E-state index in [9.17, 15) is 18.8 Å². The molecule has 1 aromatic heterocycles. The van der Waals surface area contributed by atoms with Crippen LogP contribution in [0.1, 0.15) is 48.2 Å². The normalized spacial score (nSPS) is 20.4. The highest BCUT2D eigenvalue weighted by atomic mass is 35.5. The van der Waals surface area contributed by atoms with Crippen LogP contribution < -0.4 is 15.4 Å². The number of benzene rings is 4. The Morgan fingerprint density at radius 2 is 1.63 bits per heavy atom. The first kappa shape index (κ1) is 51.9. The minimum atomic E-state index is -1.40. The molecule has 0 saturated carbocycles. The van der Waals surface area contributed by atoms with Crippen molar-refractivity contribution < 1.29 is 33.0 Å². The Labute approximate surface area is 413 Å². The van der Waals surface area contributed by atoms with E-state index in [1.165, 1.54) is 12.0 Å². The van der Waals surface area contributed by atoms with Crippen molar-refractivity contribution in [2.45, 2.75) is 69.2 Å². The van der Waals surface area contributed by atoms with Crippen LogP contribution in [0.3, 0.4) is 0 Å². The zero-order valence-corrected chi connectivity index (χ0v) is 41.1. The molecular formula is C51H59Cl3FN7O6. The number of nitrogens with one attached hydrogen (secondary N) is 2. The summed E-state index contributed by atoms with van der Waals surface area (Å²) in [6.45, 7) is -0.134. The van der Waals surface area contributed by atoms with Gasteiger partial charge in [-0.05, 0) is 99.4 Å². The molecule has 17 heteroatoms. The zero-order valence-electron chi connectivity index (χ0n) is 38.8. The fourth-order valence-corrected chi connectivity index (χ4v) is 9.40. The molecule has 13 nitrogen and oxygen atoms in total. The Morgan fingerprint density at radius 3 is 2.32 bits per heavy atom. The molecule has 7 rings (SSSR count). The van der Waals surface area contributed by atoms with Gasteiger partial charge < -0.3 is 39.4 Å². The SMILES string of the molecule is COCC1NC(=O)C(CCF)N(Cc2ccc(Cl)cc2Oc2ccc(-c3cnc(CN(C)C)n3C)cc2)C(=O)CC(Cc2ccccc2)C(=O)N2CCCC(Cc3ccc(Cl)cc3)(C2)NC1=O.Cl. The van der Waals surface area contributed by atoms with E-state index in [1.807, 2.05) is 104 Å². The average Bonchev–Trinajstić information content (AvgIpc) is 3.66. The van der Waals surface area contributed by atoms with Crippen LogP contribution in [0.25, 0.3) is 11.3 Å². The minimum Gasteiger partial charge on any atom is -0.457 e. The van der Waals surface area contributed by atoms with Crippen LogP contribution in [0.2, 0.25) is 10.0 Å². The Morgan fingerprint density at radius 1 is 0.912 bits per heavy atom. The van der Waals surface area contributed by atoms with Gasteiger partial charge >= 0.3 is 0 Å². The van der Waals surface area contributed by atoms with Gasteiger partial charge in [0.2, 0.25) is 23.6 Å². The molecule has 5 aromatic rings. The number of rotatable bonds is 15. The maximum Gasteiger partial charge on any atom is 0.245 e. The van der Waals surface area contributed by atoms with Gasteiger partial charge in [-0.2, -0.15) is 0 Å². The van der Waals surface area contributed by atoms with Crippen molar-refractivity contribution >= 4 is 59.2 Å². The van der Waals surface area contributed by atoms with Gasteiger partial charge in [0.15, 0.2) is 0 Å². The number of hydrogen-bond donors (Lipinski definition) is 2. The summed E-state index contributed by atoms with van der Waals surface area (Å²) in [4.78, 5) is 68.8. The van der Waals surface area contributed by atoms with Crippen molar-refractivity contribution in [1.82, 2.24) is 34.9 Å². The van der Waals surface area contributed by atoms with Crippen LogP contribution in [-0.2, 0) is 56.9 Å². The quantitative estimate of drug-likeness (QED) is 0.108. The van der Waals surface area contributed by atoms with E-state index in [2.05, 4.69) is 15.6 Å². The highest BCUT2D eigenvalue weighted by Crippen LogP contribution is 2.34. The molecule has 4 aromatic carbocycles. The van der Waals surface area contributed by atoms with Gasteiger partial charge in [0, 0.05) is 61.3 Å². The van der Waals surface area contributed by atoms with E-state index >= 15 is 4.79 Å². The number of carbonyl (C=O) groups is 4. The number of methoxy groups -OCH3 is 1. The minimum absolute atomic E-state index is 0. The number of amides is 4. The molecule has 2 aliphatic heterocycles. The lowest BCUT2D eigenvalue weighted by molar-refractivity contribution is -0.148. The lowest BCUT2D eigenvalue weighted by Crippen LogP contribution is -2.65. The Balaban J connectivity index is 0.00000761. The predicted molar refractivity (Wildman–Crippen MR) is 264 cm³/mol. The molecule has 2 N–H and O–H groups in total. The molecular weight excluding hydrogens is 932 g/mol. The standard InChI is InChI=1S/C51H58Cl2FN7O6.ClH/c1-58(2)31-46-55-29-44(59(46)3)36-14-19-41(20-15-36)67-45-27-40(53)18-13-37(45)30-61-43(21-23-54)49(64)56-42(32-66-4)48(63)57-51(28-35-11-16-39(52)17-12-35)22-8-24-60(33-51)50(65)38(26-47(61)62)25-34-9-6-5-7-10-34;/h5-7,9-20,27,29,38,42-43H,8,21-26,28,30-33H2,1-4H3,(H,56,64)(H,57,63);1H. The third-order valence-corrected chi connectivity index (χ3v) is 13.0. The molecule has 2 bridgehead atoms. The van der Waals surface area contributed by atoms with E-state index in [0.717, 1.165) is 28.2 Å². The fourth-order valence-electron chi connectivity index (χ4n) is 9.11. The van der Waals surface area contributed by atoms with E-state index in [4.69, 9.17) is 32.7 Å². The van der Waals surface area contributed by atoms with E-state index < -0.39 is 54.4 Å². The van der Waals surface area contributed by atoms with Gasteiger partial charge in [0.05, 0.1) is 49.7 Å². The summed E-state index contributed by atoms with van der Waals surface area (Å²) in [6, 6.07) is 26.6. The highest BCUT2D eigenvalue weighted by Gasteiger charge is 2.43. The molecule has 4 unspecified atom stereocenters. The van der Waals surface area contributed by atoms with E-state index in [0.29, 0.717) is 59.5 Å². The molecule has 68 heavy (non-hydrogen) atoms. The molecule has 2 fully saturated rings. The number of halogens is 4. The number of ether oxygens (including phenoxy) is 2. The van der Waals surface area contributed by atoms with Crippen LogP contribution >= 0.6 is 35.6 Å². The lowest BCUT2D eigenvalue weighted by Gasteiger charge is -2.45. The van der Waals surface area contributed by atoms with Crippen LogP contribution in [0, 0.1) is 5.92 Å². The maximum absolute atomic E-state index is 15.1. The van der Waals surface area contributed by atoms with Crippen molar-refractivity contribution in [2.75, 3.05) is 47.6 Å². The van der Waals surface area contributed by atoms with Crippen molar-refractivity contribution in [3.63, 3.8) is 0 Å². The first-order valence-corrected chi connectivity index (χ1v) is 23.3. The number of piperidine rings is 1. The molecule has 362 valence electrons. The molecule has 4 atom stereocenters. The summed E-state index contributed by atoms with van der Waals surface area (Å²) in [6.07, 6.45) is 2.86. The van der Waals surface area contributed by atoms with Crippen molar-refractivity contribution in [3.8, 4) is 22.8 Å². The van der Waals surface area contributed by atoms with Gasteiger partial charge in [-0.25, -0.2) is 4.98 Å². The first-order chi connectivity index (χ1) is 32.2. The third-order valence-electron chi connectivity index (χ3n) is 12.5. The molecule has 2 aliphatic rings. The maximum atomic E-state index is 15.1. The van der Waals surface area contributed by atoms with Crippen molar-refractivity contribution in [3.05, 3.63) is 136 Å². The lowest BCUT2D eigenvalue weighted by atomic mass is 9.81. The Hall–Kier alpha value is -5.51. The van der Waals surface area contributed by atoms with Crippen LogP contribution in [-0.4, -0.2) is 113 Å². The second-order valence-electron chi connectivity index (χ2n) is 17.8. The van der Waals surface area contributed by atoms with Gasteiger partial charge in [-0.15, -0.1) is 12.4 Å². The van der Waals surface area contributed by atoms with Crippen molar-refractivity contribution in [1.29, 1.82) is 0 Å². The number of hydrogen-bond acceptors (Lipinski definition) is 8. The molecule has 0 aliphatic carbocycles. The highest BCUT2D eigenvalue weighted by molar-refractivity contribution is 6.31. The summed E-state index contributed by atoms with van der Waals surface area (Å²) in [5.41, 5.74) is 3.12. The number of fused-ring (bicyclic) bond motifs is 2. The van der Waals surface area contributed by atoms with Gasteiger partial charge in [0.25, 0.3) is 0 Å². The summed E-state index contributed by atoms with van der Waals surface area (Å²) < 4.78 is 28.7. The summed E-state index contributed by atoms with van der Waals surface area (Å²) >= 11 is 12.8. The number of nitrogens with zero attached hydrogens (tertiary/aromatic N) is 5. The van der Waals surface area contributed by atoms with E-state index in [1.54, 1.807) is 35.2 Å². The monoisotopic (exact) mass is 989 g/mol. The van der Waals surface area contributed by atoms with Crippen LogP contribution in [0.15, 0.2) is 103 Å². The predicted octanol–water partition coefficient (Wildman–Crippen LogP) is 7.84. The van der Waals surface area contributed by atoms with E-state index in [-0.39, 0.29) is 50.9 Å². The van der Waals surface area contributed by atoms with Gasteiger partial charge in [0.1, 0.15) is 29.4 Å².